The van der Waals surface area contributed by atoms with E-state index in [9.17, 15) is 14.5 Å². The summed E-state index contributed by atoms with van der Waals surface area (Å²) >= 11 is 4.41. The van der Waals surface area contributed by atoms with Crippen molar-refractivity contribution in [3.63, 3.8) is 0 Å². The van der Waals surface area contributed by atoms with Crippen LogP contribution in [-0.2, 0) is 22.5 Å². The van der Waals surface area contributed by atoms with Crippen molar-refractivity contribution in [1.82, 2.24) is 4.57 Å². The largest absolute Gasteiger partial charge is 0.612 e. The molecule has 0 saturated carbocycles. The molecule has 0 amide bonds. The molecule has 3 rings (SSSR count). The number of fused-ring (bicyclic) bond motifs is 1. The highest BCUT2D eigenvalue weighted by atomic mass is 32.2. The highest BCUT2D eigenvalue weighted by Crippen LogP contribution is 2.36. The minimum absolute atomic E-state index is 0.546. The predicted octanol–water partition coefficient (Wildman–Crippen LogP) is 2.87. The summed E-state index contributed by atoms with van der Waals surface area (Å²) in [6.07, 6.45) is 2.15. The summed E-state index contributed by atoms with van der Waals surface area (Å²) in [6, 6.07) is 9.61. The van der Waals surface area contributed by atoms with E-state index in [2.05, 4.69) is 0 Å². The Morgan fingerprint density at radius 3 is 2.61 bits per heavy atom. The molecule has 4 nitrogen and oxygen atoms in total. The number of nitrogens with zero attached hydrogens (tertiary/aromatic N) is 1. The van der Waals surface area contributed by atoms with Gasteiger partial charge in [-0.25, -0.2) is 0 Å². The number of carboxylic acid groups (broad SMARTS) is 1. The summed E-state index contributed by atoms with van der Waals surface area (Å²) in [5.74, 6) is -1.39. The fourth-order valence-corrected chi connectivity index (χ4v) is 4.22. The van der Waals surface area contributed by atoms with E-state index >= 15 is 0 Å². The minimum Gasteiger partial charge on any atom is -0.612 e. The molecule has 0 spiro atoms. The van der Waals surface area contributed by atoms with Gasteiger partial charge in [0.25, 0.3) is 0 Å². The number of thiocarbonyl (C=S) groups is 1. The monoisotopic (exact) mass is 347 g/mol. The summed E-state index contributed by atoms with van der Waals surface area (Å²) in [7, 11) is 0. The van der Waals surface area contributed by atoms with E-state index < -0.39 is 23.1 Å². The van der Waals surface area contributed by atoms with E-state index in [0.717, 1.165) is 16.8 Å². The second-order valence-electron chi connectivity index (χ2n) is 5.76. The zero-order chi connectivity index (χ0) is 16.7. The Balaban J connectivity index is 2.11. The highest BCUT2D eigenvalue weighted by molar-refractivity contribution is 7.91. The van der Waals surface area contributed by atoms with Crippen LogP contribution < -0.4 is 0 Å². The van der Waals surface area contributed by atoms with E-state index in [-0.39, 0.29) is 0 Å². The average Bonchev–Trinajstić information content (AvgIpc) is 3.05. The summed E-state index contributed by atoms with van der Waals surface area (Å²) in [4.78, 5) is 12.6. The van der Waals surface area contributed by atoms with Gasteiger partial charge in [-0.05, 0) is 30.1 Å². The lowest BCUT2D eigenvalue weighted by molar-refractivity contribution is -0.138. The first-order chi connectivity index (χ1) is 10.9. The third kappa shape index (κ3) is 2.82. The number of rotatable bonds is 4. The van der Waals surface area contributed by atoms with Gasteiger partial charge in [0.15, 0.2) is 4.90 Å². The maximum atomic E-state index is 12.1. The molecule has 2 aromatic rings. The van der Waals surface area contributed by atoms with Crippen LogP contribution in [0.2, 0.25) is 0 Å². The van der Waals surface area contributed by atoms with Gasteiger partial charge in [0.1, 0.15) is 11.9 Å². The topological polar surface area (TPSA) is 65.3 Å². The maximum Gasteiger partial charge on any atom is 0.312 e. The zero-order valence-corrected chi connectivity index (χ0v) is 14.5. The van der Waals surface area contributed by atoms with E-state index in [1.807, 2.05) is 35.8 Å². The van der Waals surface area contributed by atoms with Crippen LogP contribution in [0.25, 0.3) is 0 Å². The Hall–Kier alpha value is -1.63. The predicted molar refractivity (Wildman–Crippen MR) is 93.7 cm³/mol. The van der Waals surface area contributed by atoms with Crippen molar-refractivity contribution in [3.8, 4) is 0 Å². The normalized spacial score (nSPS) is 17.8. The number of aromatic nitrogens is 1. The third-order valence-corrected chi connectivity index (χ3v) is 5.59. The van der Waals surface area contributed by atoms with Gasteiger partial charge >= 0.3 is 5.97 Å². The number of carboxylic acids is 1. The molecule has 2 heterocycles. The molecule has 0 radical (unpaired) electrons. The lowest BCUT2D eigenvalue weighted by Gasteiger charge is -2.11. The molecule has 0 aliphatic carbocycles. The Kier molecular flexibility index (Phi) is 4.31. The van der Waals surface area contributed by atoms with Crippen molar-refractivity contribution >= 4 is 34.2 Å². The van der Waals surface area contributed by atoms with E-state index in [1.54, 1.807) is 12.3 Å². The lowest BCUT2D eigenvalue weighted by Crippen LogP contribution is -2.12. The molecule has 0 saturated heterocycles. The summed E-state index contributed by atoms with van der Waals surface area (Å²) in [5, 5.41) is 9.36. The summed E-state index contributed by atoms with van der Waals surface area (Å²) < 4.78 is 14.1. The van der Waals surface area contributed by atoms with Gasteiger partial charge in [0, 0.05) is 18.3 Å². The molecule has 0 fully saturated rings. The van der Waals surface area contributed by atoms with Crippen LogP contribution in [-0.4, -0.2) is 31.3 Å². The standard InChI is InChI=1S/C17H17NO3S2/c1-10-3-5-11(6-4-10)16(22)15-14(23(2)21)9-13-12(17(19)20)7-8-18(13)15/h3-6,9,12H,7-8H2,1-2H3,(H,19,20). The molecule has 6 heteroatoms. The quantitative estimate of drug-likeness (QED) is 0.525. The van der Waals surface area contributed by atoms with Gasteiger partial charge in [-0.15, -0.1) is 0 Å². The molecule has 1 aromatic heterocycles. The average molecular weight is 347 g/mol. The maximum absolute atomic E-state index is 12.1. The van der Waals surface area contributed by atoms with Gasteiger partial charge in [0.2, 0.25) is 0 Å². The van der Waals surface area contributed by atoms with Crippen molar-refractivity contribution in [2.24, 2.45) is 0 Å². The molecule has 1 aliphatic rings. The van der Waals surface area contributed by atoms with Crippen molar-refractivity contribution in [1.29, 1.82) is 0 Å². The number of aliphatic carboxylic acids is 1. The molecular weight excluding hydrogens is 330 g/mol. The molecule has 0 bridgehead atoms. The number of hydrogen-bond acceptors (Lipinski definition) is 3. The molecule has 1 N–H and O–H groups in total. The smallest absolute Gasteiger partial charge is 0.312 e. The molecule has 1 aromatic carbocycles. The van der Waals surface area contributed by atoms with E-state index in [1.165, 1.54) is 0 Å². The number of aryl methyl sites for hydroxylation is 1. The first kappa shape index (κ1) is 16.2. The lowest BCUT2D eigenvalue weighted by atomic mass is 10.1. The van der Waals surface area contributed by atoms with Gasteiger partial charge in [0.05, 0.1) is 10.8 Å². The SMILES string of the molecule is Cc1ccc(C(=S)c2c([S+](C)[O-])cc3n2CCC3C(=O)O)cc1. The second-order valence-corrected chi connectivity index (χ2v) is 7.52. The first-order valence-corrected chi connectivity index (χ1v) is 9.27. The Morgan fingerprint density at radius 1 is 1.39 bits per heavy atom. The van der Waals surface area contributed by atoms with Crippen LogP contribution >= 0.6 is 12.2 Å². The van der Waals surface area contributed by atoms with E-state index in [0.29, 0.717) is 28.4 Å². The summed E-state index contributed by atoms with van der Waals surface area (Å²) in [5.41, 5.74) is 3.45. The second kappa shape index (κ2) is 6.11. The fourth-order valence-electron chi connectivity index (χ4n) is 3.02. The van der Waals surface area contributed by atoms with Crippen LogP contribution in [0.4, 0.5) is 0 Å². The van der Waals surface area contributed by atoms with Crippen LogP contribution in [0.15, 0.2) is 35.2 Å². The van der Waals surface area contributed by atoms with Gasteiger partial charge in [-0.2, -0.15) is 0 Å². The molecule has 23 heavy (non-hydrogen) atoms. The van der Waals surface area contributed by atoms with Gasteiger partial charge < -0.3 is 14.2 Å². The summed E-state index contributed by atoms with van der Waals surface area (Å²) in [6.45, 7) is 2.59. The molecule has 120 valence electrons. The Labute approximate surface area is 143 Å². The van der Waals surface area contributed by atoms with Crippen LogP contribution in [0.1, 0.15) is 34.9 Å². The van der Waals surface area contributed by atoms with Crippen molar-refractivity contribution < 1.29 is 14.5 Å². The fraction of sp³-hybridized carbons (Fsp3) is 0.294. The van der Waals surface area contributed by atoms with Gasteiger partial charge in [-0.1, -0.05) is 42.0 Å². The Bertz CT molecular complexity index is 778. The number of carbonyl (C=O) groups is 1. The number of hydrogen-bond donors (Lipinski definition) is 1. The molecule has 1 aliphatic heterocycles. The van der Waals surface area contributed by atoms with Crippen molar-refractivity contribution in [3.05, 3.63) is 52.8 Å². The number of benzene rings is 1. The van der Waals surface area contributed by atoms with Crippen LogP contribution in [0, 0.1) is 6.92 Å². The third-order valence-electron chi connectivity index (χ3n) is 4.23. The highest BCUT2D eigenvalue weighted by Gasteiger charge is 2.35. The van der Waals surface area contributed by atoms with Crippen LogP contribution in [0.3, 0.4) is 0 Å². The Morgan fingerprint density at radius 2 is 2.04 bits per heavy atom. The van der Waals surface area contributed by atoms with Crippen molar-refractivity contribution in [2.45, 2.75) is 30.7 Å². The zero-order valence-electron chi connectivity index (χ0n) is 12.9. The molecular formula is C17H17NO3S2. The van der Waals surface area contributed by atoms with Crippen LogP contribution in [0.5, 0.6) is 0 Å². The van der Waals surface area contributed by atoms with Gasteiger partial charge in [-0.3, -0.25) is 4.79 Å². The molecule has 2 atom stereocenters. The van der Waals surface area contributed by atoms with Crippen molar-refractivity contribution in [2.75, 3.05) is 6.26 Å². The minimum atomic E-state index is -1.23. The van der Waals surface area contributed by atoms with E-state index in [4.69, 9.17) is 12.2 Å². The first-order valence-electron chi connectivity index (χ1n) is 7.31. The molecule has 2 unspecified atom stereocenters.